The number of carbonyl (C=O) groups is 2. The molecule has 7 nitrogen and oxygen atoms in total. The van der Waals surface area contributed by atoms with E-state index >= 15 is 0 Å². The van der Waals surface area contributed by atoms with E-state index in [0.29, 0.717) is 27.6 Å². The van der Waals surface area contributed by atoms with Gasteiger partial charge in [-0.05, 0) is 60.2 Å². The van der Waals surface area contributed by atoms with Crippen molar-refractivity contribution in [2.45, 2.75) is 6.04 Å². The average molecular weight is 461 g/mol. The van der Waals surface area contributed by atoms with Gasteiger partial charge in [0.15, 0.2) is 0 Å². The lowest BCUT2D eigenvalue weighted by Crippen LogP contribution is -2.29. The quantitative estimate of drug-likeness (QED) is 0.335. The molecule has 1 heterocycles. The number of aliphatic hydroxyl groups is 1. The normalized spacial score (nSPS) is 17.1. The highest BCUT2D eigenvalue weighted by Crippen LogP contribution is 2.43. The molecule has 0 spiro atoms. The van der Waals surface area contributed by atoms with Crippen LogP contribution in [0.2, 0.25) is 5.02 Å². The van der Waals surface area contributed by atoms with Crippen molar-refractivity contribution in [2.24, 2.45) is 0 Å². The Morgan fingerprint density at radius 1 is 1.06 bits per heavy atom. The van der Waals surface area contributed by atoms with E-state index < -0.39 is 23.5 Å². The zero-order valence-corrected chi connectivity index (χ0v) is 18.1. The van der Waals surface area contributed by atoms with Crippen molar-refractivity contribution < 1.29 is 24.5 Å². The minimum Gasteiger partial charge on any atom is -0.508 e. The number of halogens is 1. The van der Waals surface area contributed by atoms with Crippen molar-refractivity contribution in [1.29, 1.82) is 5.26 Å². The minimum atomic E-state index is -0.972. The topological polar surface area (TPSA) is 111 Å². The highest BCUT2D eigenvalue weighted by Gasteiger charge is 2.47. The number of hydrogen-bond donors (Lipinski definition) is 2. The first-order valence-corrected chi connectivity index (χ1v) is 10.2. The highest BCUT2D eigenvalue weighted by atomic mass is 35.5. The number of phenols is 1. The number of aromatic hydroxyl groups is 1. The zero-order valence-electron chi connectivity index (χ0n) is 17.3. The average Bonchev–Trinajstić information content (AvgIpc) is 3.10. The van der Waals surface area contributed by atoms with Gasteiger partial charge in [-0.25, -0.2) is 0 Å². The number of hydrogen-bond acceptors (Lipinski definition) is 6. The molecule has 1 aliphatic heterocycles. The molecular weight excluding hydrogens is 444 g/mol. The highest BCUT2D eigenvalue weighted by molar-refractivity contribution is 6.51. The van der Waals surface area contributed by atoms with Crippen LogP contribution in [0.15, 0.2) is 72.3 Å². The fourth-order valence-electron chi connectivity index (χ4n) is 3.73. The predicted molar refractivity (Wildman–Crippen MR) is 122 cm³/mol. The van der Waals surface area contributed by atoms with E-state index in [2.05, 4.69) is 0 Å². The number of aliphatic hydroxyl groups excluding tert-OH is 1. The maximum absolute atomic E-state index is 13.1. The molecule has 1 saturated heterocycles. The summed E-state index contributed by atoms with van der Waals surface area (Å²) in [5.74, 6) is -1.79. The van der Waals surface area contributed by atoms with Gasteiger partial charge >= 0.3 is 0 Å². The van der Waals surface area contributed by atoms with Crippen LogP contribution < -0.4 is 9.64 Å². The van der Waals surface area contributed by atoms with Crippen molar-refractivity contribution in [1.82, 2.24) is 0 Å². The molecule has 0 radical (unpaired) electrons. The van der Waals surface area contributed by atoms with Gasteiger partial charge in [-0.3, -0.25) is 14.5 Å². The lowest BCUT2D eigenvalue weighted by Gasteiger charge is -2.25. The molecule has 1 atom stereocenters. The number of nitriles is 1. The number of carbonyl (C=O) groups excluding carboxylic acids is 2. The van der Waals surface area contributed by atoms with Crippen molar-refractivity contribution in [3.63, 3.8) is 0 Å². The summed E-state index contributed by atoms with van der Waals surface area (Å²) < 4.78 is 5.20. The molecule has 8 heteroatoms. The Morgan fingerprint density at radius 3 is 2.33 bits per heavy atom. The third-order valence-electron chi connectivity index (χ3n) is 5.35. The second-order valence-electron chi connectivity index (χ2n) is 7.27. The number of phenolic OH excluding ortho intramolecular Hbond substituents is 1. The molecule has 1 fully saturated rings. The van der Waals surface area contributed by atoms with Crippen molar-refractivity contribution in [3.8, 4) is 17.6 Å². The van der Waals surface area contributed by atoms with Crippen LogP contribution in [0.5, 0.6) is 11.5 Å². The van der Waals surface area contributed by atoms with Gasteiger partial charge in [-0.2, -0.15) is 5.26 Å². The molecule has 33 heavy (non-hydrogen) atoms. The number of amides is 1. The molecule has 164 valence electrons. The fraction of sp³-hybridized carbons (Fsp3) is 0.0800. The molecule has 1 amide bonds. The SMILES string of the molecule is COc1cc(/C(O)=C2/C(=O)C(=O)N(c3ccc(C#N)cc3)C2c2ccc(O)cc2)ccc1Cl. The second kappa shape index (κ2) is 8.69. The molecule has 0 saturated carbocycles. The van der Waals surface area contributed by atoms with Crippen molar-refractivity contribution in [2.75, 3.05) is 12.0 Å². The van der Waals surface area contributed by atoms with E-state index in [4.69, 9.17) is 21.6 Å². The summed E-state index contributed by atoms with van der Waals surface area (Å²) in [7, 11) is 1.42. The number of benzene rings is 3. The zero-order chi connectivity index (χ0) is 23.7. The summed E-state index contributed by atoms with van der Waals surface area (Å²) in [6.07, 6.45) is 0. The number of ketones is 1. The van der Waals surface area contributed by atoms with Crippen LogP contribution in [0, 0.1) is 11.3 Å². The van der Waals surface area contributed by atoms with E-state index in [9.17, 15) is 19.8 Å². The van der Waals surface area contributed by atoms with E-state index in [1.807, 2.05) is 6.07 Å². The second-order valence-corrected chi connectivity index (χ2v) is 7.68. The van der Waals surface area contributed by atoms with Crippen LogP contribution in [0.4, 0.5) is 5.69 Å². The third-order valence-corrected chi connectivity index (χ3v) is 5.66. The molecule has 4 rings (SSSR count). The molecule has 0 aliphatic carbocycles. The Bertz CT molecular complexity index is 1320. The summed E-state index contributed by atoms with van der Waals surface area (Å²) >= 11 is 6.08. The minimum absolute atomic E-state index is 0.0107. The van der Waals surface area contributed by atoms with Gasteiger partial charge in [0.05, 0.1) is 35.4 Å². The van der Waals surface area contributed by atoms with Gasteiger partial charge in [-0.1, -0.05) is 23.7 Å². The molecule has 1 aliphatic rings. The predicted octanol–water partition coefficient (Wildman–Crippen LogP) is 4.55. The first-order chi connectivity index (χ1) is 15.8. The number of anilines is 1. The number of ether oxygens (including phenoxy) is 1. The Hall–Kier alpha value is -4.28. The summed E-state index contributed by atoms with van der Waals surface area (Å²) in [6.45, 7) is 0. The van der Waals surface area contributed by atoms with Gasteiger partial charge in [0.25, 0.3) is 11.7 Å². The molecule has 3 aromatic rings. The van der Waals surface area contributed by atoms with Crippen molar-refractivity contribution in [3.05, 3.63) is 94.0 Å². The lowest BCUT2D eigenvalue weighted by atomic mass is 9.95. The molecule has 0 aromatic heterocycles. The number of methoxy groups -OCH3 is 1. The van der Waals surface area contributed by atoms with Crippen LogP contribution in [-0.4, -0.2) is 29.0 Å². The van der Waals surface area contributed by atoms with E-state index in [1.54, 1.807) is 24.3 Å². The Labute approximate surface area is 194 Å². The van der Waals surface area contributed by atoms with Crippen LogP contribution in [0.1, 0.15) is 22.7 Å². The maximum atomic E-state index is 13.1. The lowest BCUT2D eigenvalue weighted by molar-refractivity contribution is -0.132. The van der Waals surface area contributed by atoms with Gasteiger partial charge in [0.1, 0.15) is 17.3 Å². The number of rotatable bonds is 4. The molecular formula is C25H17ClN2O5. The molecule has 3 aromatic carbocycles. The Morgan fingerprint density at radius 2 is 1.73 bits per heavy atom. The van der Waals surface area contributed by atoms with Crippen molar-refractivity contribution >= 4 is 34.7 Å². The first-order valence-electron chi connectivity index (χ1n) is 9.79. The largest absolute Gasteiger partial charge is 0.508 e. The van der Waals surface area contributed by atoms with E-state index in [1.165, 1.54) is 54.5 Å². The Kier molecular flexibility index (Phi) is 5.78. The van der Waals surface area contributed by atoms with Gasteiger partial charge in [0, 0.05) is 11.3 Å². The smallest absolute Gasteiger partial charge is 0.300 e. The van der Waals surface area contributed by atoms with E-state index in [0.717, 1.165) is 0 Å². The van der Waals surface area contributed by atoms with Crippen LogP contribution in [0.3, 0.4) is 0 Å². The molecule has 1 unspecified atom stereocenters. The van der Waals surface area contributed by atoms with Crippen LogP contribution >= 0.6 is 11.6 Å². The van der Waals surface area contributed by atoms with Gasteiger partial charge in [0.2, 0.25) is 0 Å². The standard InChI is InChI=1S/C25H17ClN2O5/c1-33-20-12-16(6-11-19(20)26)23(30)21-22(15-4-9-18(29)10-5-15)28(25(32)24(21)31)17-7-2-14(13-27)3-8-17/h2-12,22,29-30H,1H3/b23-21-. The Balaban J connectivity index is 1.93. The van der Waals surface area contributed by atoms with E-state index in [-0.39, 0.29) is 16.9 Å². The summed E-state index contributed by atoms with van der Waals surface area (Å²) in [6, 6.07) is 17.7. The first kappa shape index (κ1) is 21.9. The summed E-state index contributed by atoms with van der Waals surface area (Å²) in [5, 5.41) is 30.3. The molecule has 2 N–H and O–H groups in total. The van der Waals surface area contributed by atoms with Crippen LogP contribution in [-0.2, 0) is 9.59 Å². The summed E-state index contributed by atoms with van der Waals surface area (Å²) in [4.78, 5) is 27.5. The fourth-order valence-corrected chi connectivity index (χ4v) is 3.92. The number of nitrogens with zero attached hydrogens (tertiary/aromatic N) is 2. The van der Waals surface area contributed by atoms with Crippen LogP contribution in [0.25, 0.3) is 5.76 Å². The maximum Gasteiger partial charge on any atom is 0.300 e. The number of Topliss-reactive ketones (excluding diaryl/α,β-unsaturated/α-hetero) is 1. The van der Waals surface area contributed by atoms with Gasteiger partial charge in [-0.15, -0.1) is 0 Å². The van der Waals surface area contributed by atoms with Gasteiger partial charge < -0.3 is 14.9 Å². The monoisotopic (exact) mass is 460 g/mol. The summed E-state index contributed by atoms with van der Waals surface area (Å²) in [5.41, 5.74) is 1.39. The third kappa shape index (κ3) is 3.88. The molecule has 0 bridgehead atoms.